The molecule has 0 spiro atoms. The first-order chi connectivity index (χ1) is 15.0. The highest BCUT2D eigenvalue weighted by molar-refractivity contribution is 9.10. The number of ether oxygens (including phenoxy) is 2. The Morgan fingerprint density at radius 3 is 2.42 bits per heavy atom. The predicted molar refractivity (Wildman–Crippen MR) is 129 cm³/mol. The van der Waals surface area contributed by atoms with E-state index < -0.39 is 0 Å². The average molecular weight is 482 g/mol. The number of aryl methyl sites for hydroxylation is 1. The summed E-state index contributed by atoms with van der Waals surface area (Å²) in [5.41, 5.74) is 3.09. The Labute approximate surface area is 192 Å². The van der Waals surface area contributed by atoms with Gasteiger partial charge in [-0.1, -0.05) is 60.1 Å². The van der Waals surface area contributed by atoms with Crippen molar-refractivity contribution < 1.29 is 14.3 Å². The van der Waals surface area contributed by atoms with E-state index in [1.165, 1.54) is 5.56 Å². The third-order valence-electron chi connectivity index (χ3n) is 4.81. The van der Waals surface area contributed by atoms with Gasteiger partial charge in [-0.2, -0.15) is 0 Å². The molecule has 0 aliphatic carbocycles. The van der Waals surface area contributed by atoms with Crippen LogP contribution >= 0.6 is 15.9 Å². The highest BCUT2D eigenvalue weighted by Gasteiger charge is 2.11. The molecule has 0 unspecified atom stereocenters. The number of benzene rings is 3. The minimum atomic E-state index is -0.200. The van der Waals surface area contributed by atoms with Crippen LogP contribution in [0, 0.1) is 0 Å². The molecule has 0 aliphatic rings. The van der Waals surface area contributed by atoms with Crippen LogP contribution in [0.25, 0.3) is 0 Å². The summed E-state index contributed by atoms with van der Waals surface area (Å²) >= 11 is 3.48. The lowest BCUT2D eigenvalue weighted by molar-refractivity contribution is -0.118. The highest BCUT2D eigenvalue weighted by Crippen LogP contribution is 2.29. The van der Waals surface area contributed by atoms with Crippen molar-refractivity contribution in [2.24, 2.45) is 0 Å². The van der Waals surface area contributed by atoms with Crippen LogP contribution in [-0.2, 0) is 11.2 Å². The molecule has 4 nitrogen and oxygen atoms in total. The first-order valence-corrected chi connectivity index (χ1v) is 11.3. The zero-order valence-corrected chi connectivity index (χ0v) is 19.5. The normalized spacial score (nSPS) is 10.7. The summed E-state index contributed by atoms with van der Waals surface area (Å²) < 4.78 is 12.5. The molecule has 0 bridgehead atoms. The maximum atomic E-state index is 12.3. The fourth-order valence-electron chi connectivity index (χ4n) is 3.19. The van der Waals surface area contributed by atoms with E-state index >= 15 is 0 Å². The Bertz CT molecular complexity index is 972. The van der Waals surface area contributed by atoms with Gasteiger partial charge in [0.05, 0.1) is 6.61 Å². The molecule has 0 saturated heterocycles. The summed E-state index contributed by atoms with van der Waals surface area (Å²) in [6.45, 7) is 4.80. The molecule has 5 heteroatoms. The van der Waals surface area contributed by atoms with Crippen molar-refractivity contribution in [3.05, 3.63) is 88.4 Å². The molecule has 31 heavy (non-hydrogen) atoms. The second-order valence-corrected chi connectivity index (χ2v) is 8.55. The topological polar surface area (TPSA) is 47.6 Å². The van der Waals surface area contributed by atoms with Gasteiger partial charge in [0.1, 0.15) is 11.5 Å². The van der Waals surface area contributed by atoms with Gasteiger partial charge in [-0.05, 0) is 72.4 Å². The lowest BCUT2D eigenvalue weighted by atomic mass is 10.0. The molecular formula is C26H28BrNO3. The second kappa shape index (κ2) is 11.6. The number of hydrogen-bond donors (Lipinski definition) is 1. The molecule has 1 N–H and O–H groups in total. The lowest BCUT2D eigenvalue weighted by Gasteiger charge is -2.14. The summed E-state index contributed by atoms with van der Waals surface area (Å²) in [5.74, 6) is 1.62. The van der Waals surface area contributed by atoms with E-state index in [0.29, 0.717) is 18.2 Å². The smallest absolute Gasteiger partial charge is 0.262 e. The fraction of sp³-hybridized carbons (Fsp3) is 0.269. The maximum absolute atomic E-state index is 12.3. The van der Waals surface area contributed by atoms with Crippen molar-refractivity contribution in [3.8, 4) is 11.5 Å². The number of nitrogens with one attached hydrogen (secondary N) is 1. The summed E-state index contributed by atoms with van der Waals surface area (Å²) in [6, 6.07) is 23.6. The molecule has 3 aromatic rings. The third kappa shape index (κ3) is 7.44. The minimum absolute atomic E-state index is 0.0426. The van der Waals surface area contributed by atoms with E-state index in [1.807, 2.05) is 48.5 Å². The maximum Gasteiger partial charge on any atom is 0.262 e. The van der Waals surface area contributed by atoms with Gasteiger partial charge in [-0.15, -0.1) is 0 Å². The molecule has 0 fully saturated rings. The fourth-order valence-corrected chi connectivity index (χ4v) is 3.57. The largest absolute Gasteiger partial charge is 0.494 e. The quantitative estimate of drug-likeness (QED) is 0.331. The molecule has 3 rings (SSSR count). The number of hydrogen-bond acceptors (Lipinski definition) is 3. The average Bonchev–Trinajstić information content (AvgIpc) is 2.77. The summed E-state index contributed by atoms with van der Waals surface area (Å²) in [6.07, 6.45) is 1.94. The minimum Gasteiger partial charge on any atom is -0.494 e. The van der Waals surface area contributed by atoms with E-state index in [9.17, 15) is 4.79 Å². The Hall–Kier alpha value is -2.79. The molecule has 1 amide bonds. The first-order valence-electron chi connectivity index (χ1n) is 10.5. The monoisotopic (exact) mass is 481 g/mol. The van der Waals surface area contributed by atoms with Gasteiger partial charge in [0.15, 0.2) is 6.61 Å². The first kappa shape index (κ1) is 22.9. The SMILES string of the molecule is CC(C)c1cc(Br)ccc1OCC(=O)Nc1ccc(OCCCc2ccccc2)cc1. The molecule has 0 aliphatic heterocycles. The Balaban J connectivity index is 1.42. The number of carbonyl (C=O) groups is 1. The molecule has 162 valence electrons. The van der Waals surface area contributed by atoms with E-state index in [4.69, 9.17) is 9.47 Å². The van der Waals surface area contributed by atoms with Crippen LogP contribution in [-0.4, -0.2) is 19.1 Å². The van der Waals surface area contributed by atoms with E-state index in [0.717, 1.165) is 34.4 Å². The van der Waals surface area contributed by atoms with Crippen molar-refractivity contribution in [1.82, 2.24) is 0 Å². The number of anilines is 1. The highest BCUT2D eigenvalue weighted by atomic mass is 79.9. The molecular weight excluding hydrogens is 454 g/mol. The van der Waals surface area contributed by atoms with Gasteiger partial charge in [0.2, 0.25) is 0 Å². The van der Waals surface area contributed by atoms with Crippen LogP contribution < -0.4 is 14.8 Å². The van der Waals surface area contributed by atoms with Crippen LogP contribution in [0.2, 0.25) is 0 Å². The van der Waals surface area contributed by atoms with Gasteiger partial charge < -0.3 is 14.8 Å². The Morgan fingerprint density at radius 2 is 1.71 bits per heavy atom. The van der Waals surface area contributed by atoms with E-state index in [1.54, 1.807) is 0 Å². The number of rotatable bonds is 10. The number of amides is 1. The molecule has 3 aromatic carbocycles. The van der Waals surface area contributed by atoms with Gasteiger partial charge in [-0.25, -0.2) is 0 Å². The predicted octanol–water partition coefficient (Wildman–Crippen LogP) is 6.60. The Kier molecular flexibility index (Phi) is 8.53. The van der Waals surface area contributed by atoms with Gasteiger partial charge in [0, 0.05) is 10.2 Å². The summed E-state index contributed by atoms with van der Waals surface area (Å²) in [5, 5.41) is 2.86. The Morgan fingerprint density at radius 1 is 0.968 bits per heavy atom. The lowest BCUT2D eigenvalue weighted by Crippen LogP contribution is -2.20. The zero-order chi connectivity index (χ0) is 22.1. The summed E-state index contributed by atoms with van der Waals surface area (Å²) in [7, 11) is 0. The van der Waals surface area contributed by atoms with Gasteiger partial charge in [-0.3, -0.25) is 4.79 Å². The zero-order valence-electron chi connectivity index (χ0n) is 17.9. The van der Waals surface area contributed by atoms with Gasteiger partial charge in [0.25, 0.3) is 5.91 Å². The van der Waals surface area contributed by atoms with Crippen molar-refractivity contribution in [3.63, 3.8) is 0 Å². The van der Waals surface area contributed by atoms with E-state index in [2.05, 4.69) is 59.4 Å². The standard InChI is InChI=1S/C26H28BrNO3/c1-19(2)24-17-21(27)10-15-25(24)31-18-26(29)28-22-11-13-23(14-12-22)30-16-6-9-20-7-4-3-5-8-20/h3-5,7-8,10-15,17,19H,6,9,16,18H2,1-2H3,(H,28,29). The molecule has 0 atom stereocenters. The number of carbonyl (C=O) groups excluding carboxylic acids is 1. The molecule has 0 aromatic heterocycles. The molecule has 0 radical (unpaired) electrons. The van der Waals surface area contributed by atoms with Crippen molar-refractivity contribution >= 4 is 27.5 Å². The van der Waals surface area contributed by atoms with Crippen LogP contribution in [0.4, 0.5) is 5.69 Å². The van der Waals surface area contributed by atoms with Crippen LogP contribution in [0.15, 0.2) is 77.3 Å². The van der Waals surface area contributed by atoms with Crippen molar-refractivity contribution in [1.29, 1.82) is 0 Å². The van der Waals surface area contributed by atoms with Crippen molar-refractivity contribution in [2.75, 3.05) is 18.5 Å². The summed E-state index contributed by atoms with van der Waals surface area (Å²) in [4.78, 5) is 12.3. The van der Waals surface area contributed by atoms with Crippen LogP contribution in [0.1, 0.15) is 37.3 Å². The van der Waals surface area contributed by atoms with Crippen LogP contribution in [0.5, 0.6) is 11.5 Å². The van der Waals surface area contributed by atoms with E-state index in [-0.39, 0.29) is 12.5 Å². The van der Waals surface area contributed by atoms with Gasteiger partial charge >= 0.3 is 0 Å². The van der Waals surface area contributed by atoms with Crippen LogP contribution in [0.3, 0.4) is 0 Å². The second-order valence-electron chi connectivity index (χ2n) is 7.64. The van der Waals surface area contributed by atoms with Crippen molar-refractivity contribution in [2.45, 2.75) is 32.6 Å². The third-order valence-corrected chi connectivity index (χ3v) is 5.31. The number of halogens is 1. The molecule has 0 saturated carbocycles. The molecule has 0 heterocycles.